The summed E-state index contributed by atoms with van der Waals surface area (Å²) in [6, 6.07) is 9.05. The maximum atomic E-state index is 13.5. The van der Waals surface area contributed by atoms with E-state index in [1.807, 2.05) is 0 Å². The predicted molar refractivity (Wildman–Crippen MR) is 160 cm³/mol. The fraction of sp³-hybridized carbons (Fsp3) is 0.407. The first-order valence-electron chi connectivity index (χ1n) is 13.0. The van der Waals surface area contributed by atoms with Crippen LogP contribution in [-0.2, 0) is 14.0 Å². The number of benzene rings is 2. The number of carbonyl (C=O) groups excluding carboxylic acids is 2. The smallest absolute Gasteiger partial charge is 0.273 e. The zero-order valence-electron chi connectivity index (χ0n) is 21.7. The van der Waals surface area contributed by atoms with Gasteiger partial charge in [0.05, 0.1) is 33.1 Å². The molecule has 0 aromatic heterocycles. The van der Waals surface area contributed by atoms with Crippen molar-refractivity contribution in [1.29, 1.82) is 0 Å². The number of nitrogens with zero attached hydrogens (tertiary/aromatic N) is 4. The summed E-state index contributed by atoms with van der Waals surface area (Å²) >= 11 is 7.93. The molecule has 0 aliphatic heterocycles. The van der Waals surface area contributed by atoms with Gasteiger partial charge >= 0.3 is 0 Å². The van der Waals surface area contributed by atoms with E-state index in [2.05, 4.69) is 43.6 Å². The van der Waals surface area contributed by atoms with Gasteiger partial charge in [-0.05, 0) is 56.4 Å². The van der Waals surface area contributed by atoms with Crippen molar-refractivity contribution in [3.05, 3.63) is 78.3 Å². The van der Waals surface area contributed by atoms with Crippen LogP contribution in [0.2, 0.25) is 5.02 Å². The molecule has 14 heteroatoms. The number of amides is 2. The van der Waals surface area contributed by atoms with Crippen LogP contribution in [-0.4, -0.2) is 34.1 Å². The van der Waals surface area contributed by atoms with Gasteiger partial charge in [0.25, 0.3) is 11.4 Å². The lowest BCUT2D eigenvalue weighted by Crippen LogP contribution is -2.60. The van der Waals surface area contributed by atoms with Gasteiger partial charge in [0, 0.05) is 33.3 Å². The third-order valence-electron chi connectivity index (χ3n) is 8.40. The molecule has 2 amide bonds. The van der Waals surface area contributed by atoms with Gasteiger partial charge in [-0.15, -0.1) is 0 Å². The van der Waals surface area contributed by atoms with Crippen molar-refractivity contribution in [1.82, 2.24) is 10.9 Å². The number of hydrazone groups is 2. The molecule has 12 nitrogen and oxygen atoms in total. The van der Waals surface area contributed by atoms with Crippen molar-refractivity contribution >= 4 is 69.8 Å². The summed E-state index contributed by atoms with van der Waals surface area (Å²) < 4.78 is 0.497. The van der Waals surface area contributed by atoms with Crippen LogP contribution >= 0.6 is 34.2 Å². The highest BCUT2D eigenvalue weighted by Crippen LogP contribution is 2.65. The number of hydrogen-bond donors (Lipinski definition) is 2. The van der Waals surface area contributed by atoms with E-state index in [1.54, 1.807) is 18.2 Å². The molecular formula is C27H26ClIN6O6. The minimum absolute atomic E-state index is 0.000611. The lowest BCUT2D eigenvalue weighted by molar-refractivity contribution is -0.385. The number of hydrogen-bond acceptors (Lipinski definition) is 8. The maximum Gasteiger partial charge on any atom is 0.288 e. The van der Waals surface area contributed by atoms with Crippen LogP contribution in [0, 0.1) is 42.9 Å². The van der Waals surface area contributed by atoms with Crippen LogP contribution in [0.4, 0.5) is 11.4 Å². The summed E-state index contributed by atoms with van der Waals surface area (Å²) in [4.78, 5) is 48.4. The number of carbonyl (C=O) groups is 2. The topological polar surface area (TPSA) is 169 Å². The van der Waals surface area contributed by atoms with Gasteiger partial charge in [-0.3, -0.25) is 29.8 Å². The SMILES string of the molecule is O=C(N/N=C/c1ccc(Cl)c([N+](=O)[O-])c1)C12CC3CC(C1)CC(C(=O)N/N=C/c1ccc(CI)c([N+](=O)[O-])c1)(C3)C2. The molecule has 4 aliphatic carbocycles. The monoisotopic (exact) mass is 692 g/mol. The highest BCUT2D eigenvalue weighted by Gasteiger charge is 2.63. The molecule has 4 saturated carbocycles. The molecule has 4 fully saturated rings. The molecule has 0 saturated heterocycles. The first-order chi connectivity index (χ1) is 19.5. The Morgan fingerprint density at radius 2 is 1.39 bits per heavy atom. The first kappa shape index (κ1) is 29.0. The highest BCUT2D eigenvalue weighted by molar-refractivity contribution is 14.1. The second-order valence-electron chi connectivity index (χ2n) is 11.2. The summed E-state index contributed by atoms with van der Waals surface area (Å²) in [5, 5.41) is 30.7. The molecule has 0 heterocycles. The van der Waals surface area contributed by atoms with Crippen LogP contribution < -0.4 is 10.9 Å². The average molecular weight is 693 g/mol. The van der Waals surface area contributed by atoms with Crippen molar-refractivity contribution < 1.29 is 19.4 Å². The van der Waals surface area contributed by atoms with Gasteiger partial charge < -0.3 is 0 Å². The Hall–Kier alpha value is -3.46. The van der Waals surface area contributed by atoms with Crippen molar-refractivity contribution in [3.8, 4) is 0 Å². The van der Waals surface area contributed by atoms with E-state index in [4.69, 9.17) is 11.6 Å². The van der Waals surface area contributed by atoms with Crippen molar-refractivity contribution in [2.24, 2.45) is 32.9 Å². The minimum Gasteiger partial charge on any atom is -0.273 e. The molecule has 2 aromatic rings. The Labute approximate surface area is 253 Å². The van der Waals surface area contributed by atoms with E-state index in [9.17, 15) is 29.8 Å². The van der Waals surface area contributed by atoms with E-state index < -0.39 is 20.7 Å². The summed E-state index contributed by atoms with van der Waals surface area (Å²) in [6.07, 6.45) is 6.75. The zero-order valence-corrected chi connectivity index (χ0v) is 24.6. The van der Waals surface area contributed by atoms with E-state index in [0.717, 1.165) is 6.42 Å². The van der Waals surface area contributed by atoms with Gasteiger partial charge in [0.15, 0.2) is 0 Å². The Bertz CT molecular complexity index is 1480. The maximum absolute atomic E-state index is 13.5. The van der Waals surface area contributed by atoms with Gasteiger partial charge in [0.1, 0.15) is 5.02 Å². The summed E-state index contributed by atoms with van der Waals surface area (Å²) in [7, 11) is 0. The van der Waals surface area contributed by atoms with Crippen molar-refractivity contribution in [2.75, 3.05) is 0 Å². The summed E-state index contributed by atoms with van der Waals surface area (Å²) in [5.41, 5.74) is 5.02. The summed E-state index contributed by atoms with van der Waals surface area (Å²) in [6.45, 7) is 0. The third-order valence-corrected chi connectivity index (χ3v) is 9.54. The standard InChI is InChI=1S/C27H26ClIN6O6/c28-21-4-2-17(7-23(21)35(40)41)14-31-33-25(37)27-10-18-5-19(11-27)9-26(8-18,15-27)24(36)32-30-13-16-1-3-20(12-29)22(6-16)34(38)39/h1-4,6-7,13-14,18-19H,5,8-12,15H2,(H,32,36)(H,33,37)/b30-13+,31-14+. The molecule has 6 rings (SSSR count). The fourth-order valence-electron chi connectivity index (χ4n) is 7.06. The molecule has 2 unspecified atom stereocenters. The minimum atomic E-state index is -0.746. The zero-order chi connectivity index (χ0) is 29.4. The van der Waals surface area contributed by atoms with Crippen LogP contribution in [0.15, 0.2) is 46.6 Å². The quantitative estimate of drug-likeness (QED) is 0.119. The van der Waals surface area contributed by atoms with Crippen LogP contribution in [0.5, 0.6) is 0 Å². The van der Waals surface area contributed by atoms with E-state index >= 15 is 0 Å². The summed E-state index contributed by atoms with van der Waals surface area (Å²) in [5.74, 6) is -0.0729. The second kappa shape index (κ2) is 11.4. The molecule has 4 aliphatic rings. The van der Waals surface area contributed by atoms with Gasteiger partial charge in [0.2, 0.25) is 11.8 Å². The highest BCUT2D eigenvalue weighted by atomic mass is 127. The molecule has 41 heavy (non-hydrogen) atoms. The molecule has 0 spiro atoms. The molecule has 214 valence electrons. The largest absolute Gasteiger partial charge is 0.288 e. The number of halogens is 2. The second-order valence-corrected chi connectivity index (χ2v) is 12.3. The van der Waals surface area contributed by atoms with Crippen molar-refractivity contribution in [3.63, 3.8) is 0 Å². The fourth-order valence-corrected chi connectivity index (χ4v) is 7.89. The van der Waals surface area contributed by atoms with E-state index in [1.165, 1.54) is 30.6 Å². The molecule has 2 atom stereocenters. The average Bonchev–Trinajstić information content (AvgIpc) is 2.92. The van der Waals surface area contributed by atoms with E-state index in [0.29, 0.717) is 53.2 Å². The number of alkyl halides is 1. The number of nitro groups is 2. The Balaban J connectivity index is 1.28. The number of nitrogens with one attached hydrogen (secondary N) is 2. The molecule has 4 bridgehead atoms. The first-order valence-corrected chi connectivity index (χ1v) is 14.9. The third kappa shape index (κ3) is 5.82. The molecule has 2 N–H and O–H groups in total. The Morgan fingerprint density at radius 1 is 0.902 bits per heavy atom. The van der Waals surface area contributed by atoms with Crippen LogP contribution in [0.3, 0.4) is 0 Å². The van der Waals surface area contributed by atoms with Crippen molar-refractivity contribution in [2.45, 2.75) is 43.0 Å². The lowest BCUT2D eigenvalue weighted by Gasteiger charge is -2.60. The van der Waals surface area contributed by atoms with E-state index in [-0.39, 0.29) is 40.0 Å². The van der Waals surface area contributed by atoms with Crippen LogP contribution in [0.1, 0.15) is 55.2 Å². The normalized spacial score (nSPS) is 26.4. The Kier molecular flexibility index (Phi) is 8.10. The predicted octanol–water partition coefficient (Wildman–Crippen LogP) is 5.28. The van der Waals surface area contributed by atoms with Gasteiger partial charge in [-0.2, -0.15) is 10.2 Å². The van der Waals surface area contributed by atoms with Crippen LogP contribution in [0.25, 0.3) is 0 Å². The number of rotatable bonds is 9. The molecular weight excluding hydrogens is 667 g/mol. The molecule has 2 aromatic carbocycles. The van der Waals surface area contributed by atoms with Gasteiger partial charge in [-0.25, -0.2) is 10.9 Å². The lowest BCUT2D eigenvalue weighted by atomic mass is 9.43. The Morgan fingerprint density at radius 3 is 1.88 bits per heavy atom. The molecule has 0 radical (unpaired) electrons. The van der Waals surface area contributed by atoms with Gasteiger partial charge in [-0.1, -0.05) is 52.4 Å². The number of nitro benzene ring substituents is 2.